The van der Waals surface area contributed by atoms with Crippen LogP contribution in [0.2, 0.25) is 0 Å². The van der Waals surface area contributed by atoms with Gasteiger partial charge in [0.25, 0.3) is 0 Å². The number of hydrogen-bond acceptors (Lipinski definition) is 3. The predicted octanol–water partition coefficient (Wildman–Crippen LogP) is 3.81. The van der Waals surface area contributed by atoms with E-state index in [0.29, 0.717) is 12.0 Å². The highest BCUT2D eigenvalue weighted by Crippen LogP contribution is 2.31. The maximum atomic E-state index is 4.67. The van der Waals surface area contributed by atoms with Gasteiger partial charge in [-0.3, -0.25) is 4.68 Å². The molecular weight excluding hydrogens is 296 g/mol. The van der Waals surface area contributed by atoms with Crippen LogP contribution in [0.1, 0.15) is 76.3 Å². The van der Waals surface area contributed by atoms with E-state index in [1.54, 1.807) is 0 Å². The molecule has 1 aliphatic heterocycles. The Hall–Kier alpha value is -0.870. The van der Waals surface area contributed by atoms with Crippen molar-refractivity contribution in [2.75, 3.05) is 26.7 Å². The topological polar surface area (TPSA) is 33.1 Å². The van der Waals surface area contributed by atoms with Gasteiger partial charge in [-0.15, -0.1) is 0 Å². The number of rotatable bonds is 6. The van der Waals surface area contributed by atoms with Gasteiger partial charge in [-0.05, 0) is 75.9 Å². The maximum Gasteiger partial charge on any atom is 0.0543 e. The van der Waals surface area contributed by atoms with Gasteiger partial charge in [0.15, 0.2) is 0 Å². The maximum absolute atomic E-state index is 4.67. The minimum atomic E-state index is 0.611. The van der Waals surface area contributed by atoms with Gasteiger partial charge in [-0.1, -0.05) is 13.8 Å². The lowest BCUT2D eigenvalue weighted by Gasteiger charge is -2.40. The number of nitrogens with zero attached hydrogens (tertiary/aromatic N) is 3. The van der Waals surface area contributed by atoms with Crippen molar-refractivity contribution in [3.05, 3.63) is 18.0 Å². The molecule has 1 unspecified atom stereocenters. The first-order chi connectivity index (χ1) is 11.7. The van der Waals surface area contributed by atoms with Gasteiger partial charge < -0.3 is 10.2 Å². The van der Waals surface area contributed by atoms with Crippen molar-refractivity contribution in [1.29, 1.82) is 0 Å². The van der Waals surface area contributed by atoms with Crippen LogP contribution in [0.25, 0.3) is 0 Å². The summed E-state index contributed by atoms with van der Waals surface area (Å²) in [7, 11) is 2.08. The molecule has 4 heteroatoms. The second-order valence-electron chi connectivity index (χ2n) is 8.06. The summed E-state index contributed by atoms with van der Waals surface area (Å²) in [6, 6.07) is 1.45. The van der Waals surface area contributed by atoms with E-state index in [1.165, 1.54) is 70.1 Å². The summed E-state index contributed by atoms with van der Waals surface area (Å²) in [6.07, 6.45) is 13.7. The van der Waals surface area contributed by atoms with Gasteiger partial charge in [-0.25, -0.2) is 0 Å². The second-order valence-corrected chi connectivity index (χ2v) is 8.06. The Labute approximate surface area is 148 Å². The summed E-state index contributed by atoms with van der Waals surface area (Å²) in [4.78, 5) is 2.77. The minimum absolute atomic E-state index is 0.611. The van der Waals surface area contributed by atoms with E-state index in [0.717, 1.165) is 12.0 Å². The first kappa shape index (κ1) is 17.9. The molecule has 4 nitrogen and oxygen atoms in total. The van der Waals surface area contributed by atoms with Gasteiger partial charge in [0.2, 0.25) is 0 Å². The fraction of sp³-hybridized carbons (Fsp3) is 0.850. The van der Waals surface area contributed by atoms with Crippen molar-refractivity contribution in [3.8, 4) is 0 Å². The highest BCUT2D eigenvalue weighted by atomic mass is 15.3. The highest BCUT2D eigenvalue weighted by molar-refractivity contribution is 5.10. The molecule has 2 heterocycles. The van der Waals surface area contributed by atoms with Gasteiger partial charge >= 0.3 is 0 Å². The third-order valence-electron chi connectivity index (χ3n) is 6.50. The SMILES string of the molecule is CCC(C)c1cnn(C2CCN([C@H]3CC[C@@H](CNC)CC3)CC2)c1. The average Bonchev–Trinajstić information content (AvgIpc) is 3.12. The number of piperidine rings is 1. The third-order valence-corrected chi connectivity index (χ3v) is 6.50. The summed E-state index contributed by atoms with van der Waals surface area (Å²) in [6.45, 7) is 8.27. The van der Waals surface area contributed by atoms with Crippen LogP contribution in [0.5, 0.6) is 0 Å². The van der Waals surface area contributed by atoms with Crippen LogP contribution in [0.15, 0.2) is 12.4 Å². The van der Waals surface area contributed by atoms with Gasteiger partial charge in [0.05, 0.1) is 12.2 Å². The summed E-state index contributed by atoms with van der Waals surface area (Å²) < 4.78 is 2.25. The van der Waals surface area contributed by atoms with E-state index in [2.05, 4.69) is 53.3 Å². The smallest absolute Gasteiger partial charge is 0.0543 e. The molecule has 24 heavy (non-hydrogen) atoms. The Kier molecular flexibility index (Phi) is 6.34. The molecule has 1 saturated heterocycles. The first-order valence-corrected chi connectivity index (χ1v) is 10.1. The van der Waals surface area contributed by atoms with Crippen molar-refractivity contribution >= 4 is 0 Å². The minimum Gasteiger partial charge on any atom is -0.319 e. The molecule has 1 N–H and O–H groups in total. The van der Waals surface area contributed by atoms with Crippen LogP contribution in [0, 0.1) is 5.92 Å². The summed E-state index contributed by atoms with van der Waals surface area (Å²) >= 11 is 0. The molecule has 2 fully saturated rings. The number of likely N-dealkylation sites (tertiary alicyclic amines) is 1. The molecule has 1 saturated carbocycles. The average molecular weight is 333 g/mol. The monoisotopic (exact) mass is 332 g/mol. The molecule has 1 aromatic rings. The Balaban J connectivity index is 1.47. The normalized spacial score (nSPS) is 28.1. The first-order valence-electron chi connectivity index (χ1n) is 10.1. The molecule has 0 bridgehead atoms. The fourth-order valence-electron chi connectivity index (χ4n) is 4.56. The number of aromatic nitrogens is 2. The highest BCUT2D eigenvalue weighted by Gasteiger charge is 2.29. The summed E-state index contributed by atoms with van der Waals surface area (Å²) in [5, 5.41) is 8.01. The van der Waals surface area contributed by atoms with E-state index in [9.17, 15) is 0 Å². The van der Waals surface area contributed by atoms with E-state index >= 15 is 0 Å². The molecule has 0 amide bonds. The van der Waals surface area contributed by atoms with Gasteiger partial charge in [-0.2, -0.15) is 5.10 Å². The van der Waals surface area contributed by atoms with Crippen LogP contribution in [0.4, 0.5) is 0 Å². The Morgan fingerprint density at radius 3 is 2.46 bits per heavy atom. The Bertz CT molecular complexity index is 482. The molecule has 0 spiro atoms. The molecule has 2 aliphatic rings. The van der Waals surface area contributed by atoms with Gasteiger partial charge in [0.1, 0.15) is 0 Å². The van der Waals surface area contributed by atoms with Crippen LogP contribution >= 0.6 is 0 Å². The van der Waals surface area contributed by atoms with E-state index in [1.807, 2.05) is 0 Å². The van der Waals surface area contributed by atoms with E-state index < -0.39 is 0 Å². The molecule has 0 radical (unpaired) electrons. The number of hydrogen-bond donors (Lipinski definition) is 1. The third kappa shape index (κ3) is 4.20. The molecule has 1 atom stereocenters. The Morgan fingerprint density at radius 1 is 1.12 bits per heavy atom. The van der Waals surface area contributed by atoms with Crippen molar-refractivity contribution in [1.82, 2.24) is 20.0 Å². The largest absolute Gasteiger partial charge is 0.319 e. The van der Waals surface area contributed by atoms with Crippen molar-refractivity contribution in [3.63, 3.8) is 0 Å². The molecule has 3 rings (SSSR count). The lowest BCUT2D eigenvalue weighted by molar-refractivity contribution is 0.0939. The molecule has 1 aromatic heterocycles. The van der Waals surface area contributed by atoms with E-state index in [-0.39, 0.29) is 0 Å². The zero-order valence-electron chi connectivity index (χ0n) is 15.9. The van der Waals surface area contributed by atoms with Gasteiger partial charge in [0, 0.05) is 25.3 Å². The lowest BCUT2D eigenvalue weighted by Crippen LogP contribution is -2.44. The van der Waals surface area contributed by atoms with Crippen LogP contribution in [0.3, 0.4) is 0 Å². The Morgan fingerprint density at radius 2 is 1.83 bits per heavy atom. The van der Waals surface area contributed by atoms with Crippen LogP contribution in [-0.2, 0) is 0 Å². The molecular formula is C20H36N4. The lowest BCUT2D eigenvalue weighted by atomic mass is 9.84. The van der Waals surface area contributed by atoms with Crippen LogP contribution < -0.4 is 5.32 Å². The van der Waals surface area contributed by atoms with Crippen molar-refractivity contribution in [2.24, 2.45) is 5.92 Å². The van der Waals surface area contributed by atoms with E-state index in [4.69, 9.17) is 0 Å². The quantitative estimate of drug-likeness (QED) is 0.860. The second kappa shape index (κ2) is 8.48. The fourth-order valence-corrected chi connectivity index (χ4v) is 4.56. The zero-order valence-corrected chi connectivity index (χ0v) is 15.9. The summed E-state index contributed by atoms with van der Waals surface area (Å²) in [5.41, 5.74) is 1.41. The molecule has 1 aliphatic carbocycles. The van der Waals surface area contributed by atoms with Crippen LogP contribution in [-0.4, -0.2) is 47.4 Å². The number of nitrogens with one attached hydrogen (secondary N) is 1. The van der Waals surface area contributed by atoms with Crippen molar-refractivity contribution < 1.29 is 0 Å². The standard InChI is InChI=1S/C20H36N4/c1-4-16(2)18-14-22-24(15-18)20-9-11-23(12-10-20)19-7-5-17(6-8-19)13-21-3/h14-17,19-21H,4-13H2,1-3H3/t16?,17-,19+. The predicted molar refractivity (Wildman–Crippen MR) is 100 cm³/mol. The molecule has 0 aromatic carbocycles. The zero-order chi connectivity index (χ0) is 16.9. The summed E-state index contributed by atoms with van der Waals surface area (Å²) in [5.74, 6) is 1.54. The molecule has 136 valence electrons. The van der Waals surface area contributed by atoms with Crippen molar-refractivity contribution in [2.45, 2.75) is 76.8 Å².